The summed E-state index contributed by atoms with van der Waals surface area (Å²) in [6, 6.07) is 6.30. The maximum Gasteiger partial charge on any atom is 0.246 e. The van der Waals surface area contributed by atoms with Crippen LogP contribution in [-0.2, 0) is 9.53 Å². The van der Waals surface area contributed by atoms with Gasteiger partial charge in [0.05, 0.1) is 37.9 Å². The Morgan fingerprint density at radius 3 is 2.67 bits per heavy atom. The van der Waals surface area contributed by atoms with E-state index in [0.717, 1.165) is 87.3 Å². The van der Waals surface area contributed by atoms with Crippen molar-refractivity contribution in [2.75, 3.05) is 100 Å². The molecule has 3 fully saturated rings. The molecule has 1 amide bonds. The fourth-order valence-electron chi connectivity index (χ4n) is 5.36. The fraction of sp³-hybridized carbons (Fsp3) is 0.536. The summed E-state index contributed by atoms with van der Waals surface area (Å²) >= 11 is 0. The highest BCUT2D eigenvalue weighted by atomic mass is 16.5. The van der Waals surface area contributed by atoms with Crippen LogP contribution in [0.25, 0.3) is 0 Å². The number of benzene rings is 1. The van der Waals surface area contributed by atoms with E-state index in [1.165, 1.54) is 6.08 Å². The van der Waals surface area contributed by atoms with Gasteiger partial charge in [0.25, 0.3) is 0 Å². The van der Waals surface area contributed by atoms with Gasteiger partial charge in [0.2, 0.25) is 11.9 Å². The maximum absolute atomic E-state index is 12.2. The Morgan fingerprint density at radius 2 is 1.92 bits per heavy atom. The van der Waals surface area contributed by atoms with E-state index in [-0.39, 0.29) is 11.9 Å². The zero-order valence-electron chi connectivity index (χ0n) is 23.1. The normalized spacial score (nSPS) is 20.5. The first kappa shape index (κ1) is 27.0. The average Bonchev–Trinajstić information content (AvgIpc) is 2.98. The molecule has 5 rings (SSSR count). The van der Waals surface area contributed by atoms with Crippen molar-refractivity contribution >= 4 is 34.7 Å². The van der Waals surface area contributed by atoms with Crippen LogP contribution in [0.15, 0.2) is 37.1 Å². The summed E-state index contributed by atoms with van der Waals surface area (Å²) in [5.41, 5.74) is 2.89. The van der Waals surface area contributed by atoms with Crippen LogP contribution in [0.2, 0.25) is 0 Å². The molecule has 2 aromatic rings. The summed E-state index contributed by atoms with van der Waals surface area (Å²) in [7, 11) is 3.84. The molecule has 210 valence electrons. The molecule has 0 radical (unpaired) electrons. The molecule has 3 aliphatic heterocycles. The number of anilines is 5. The van der Waals surface area contributed by atoms with Crippen LogP contribution in [0.1, 0.15) is 12.8 Å². The van der Waals surface area contributed by atoms with Gasteiger partial charge in [-0.2, -0.15) is 4.98 Å². The zero-order valence-corrected chi connectivity index (χ0v) is 23.1. The quantitative estimate of drug-likeness (QED) is 0.490. The number of hydrogen-bond donors (Lipinski definition) is 2. The standard InChI is InChI=1S/C28H40N8O3/c1-4-26(37)36-9-5-6-21(20-36)30-27-24(35-14-16-39-17-15-35)19-29-28(32-27)31-23-8-7-22(18-25(23)38-3)34-12-10-33(2)11-13-34/h4,7-8,18-19,21H,1,5-6,9-17,20H2,2-3H3,(H2,29,30,31,32)/t21-/m0/s1. The lowest BCUT2D eigenvalue weighted by Crippen LogP contribution is -2.45. The van der Waals surface area contributed by atoms with Crippen LogP contribution in [0.5, 0.6) is 5.75 Å². The summed E-state index contributed by atoms with van der Waals surface area (Å²) in [5.74, 6) is 1.94. The molecule has 0 unspecified atom stereocenters. The minimum Gasteiger partial charge on any atom is -0.494 e. The molecule has 11 nitrogen and oxygen atoms in total. The minimum absolute atomic E-state index is 0.0351. The Morgan fingerprint density at radius 1 is 1.13 bits per heavy atom. The van der Waals surface area contributed by atoms with E-state index in [1.807, 2.05) is 17.2 Å². The van der Waals surface area contributed by atoms with Gasteiger partial charge in [-0.25, -0.2) is 4.98 Å². The number of piperidine rings is 1. The molecule has 0 spiro atoms. The van der Waals surface area contributed by atoms with Crippen molar-refractivity contribution < 1.29 is 14.3 Å². The summed E-state index contributed by atoms with van der Waals surface area (Å²) in [6.45, 7) is 12.0. The van der Waals surface area contributed by atoms with E-state index in [9.17, 15) is 4.79 Å². The highest BCUT2D eigenvalue weighted by molar-refractivity contribution is 5.87. The largest absolute Gasteiger partial charge is 0.494 e. The number of rotatable bonds is 8. The van der Waals surface area contributed by atoms with E-state index >= 15 is 0 Å². The first-order valence-corrected chi connectivity index (χ1v) is 13.8. The molecule has 3 saturated heterocycles. The number of hydrogen-bond acceptors (Lipinski definition) is 10. The molecular formula is C28H40N8O3. The smallest absolute Gasteiger partial charge is 0.246 e. The number of likely N-dealkylation sites (tertiary alicyclic amines) is 1. The van der Waals surface area contributed by atoms with Gasteiger partial charge in [0.15, 0.2) is 5.82 Å². The summed E-state index contributed by atoms with van der Waals surface area (Å²) < 4.78 is 11.3. The third-order valence-corrected chi connectivity index (χ3v) is 7.67. The molecule has 4 heterocycles. The van der Waals surface area contributed by atoms with Crippen molar-refractivity contribution in [3.63, 3.8) is 0 Å². The monoisotopic (exact) mass is 536 g/mol. The van der Waals surface area contributed by atoms with Crippen molar-refractivity contribution in [1.29, 1.82) is 0 Å². The molecule has 0 saturated carbocycles. The minimum atomic E-state index is -0.0351. The molecule has 1 aromatic heterocycles. The molecule has 11 heteroatoms. The second kappa shape index (κ2) is 12.5. The van der Waals surface area contributed by atoms with Crippen LogP contribution in [0.3, 0.4) is 0 Å². The number of nitrogens with one attached hydrogen (secondary N) is 2. The van der Waals surface area contributed by atoms with E-state index < -0.39 is 0 Å². The van der Waals surface area contributed by atoms with E-state index in [0.29, 0.717) is 25.7 Å². The second-order valence-electron chi connectivity index (χ2n) is 10.3. The molecule has 2 N–H and O–H groups in total. The van der Waals surface area contributed by atoms with E-state index in [4.69, 9.17) is 14.5 Å². The first-order valence-electron chi connectivity index (χ1n) is 13.8. The highest BCUT2D eigenvalue weighted by Crippen LogP contribution is 2.33. The predicted molar refractivity (Wildman–Crippen MR) is 154 cm³/mol. The number of amides is 1. The topological polar surface area (TPSA) is 98.3 Å². The summed E-state index contributed by atoms with van der Waals surface area (Å²) in [5, 5.41) is 6.99. The van der Waals surface area contributed by atoms with Gasteiger partial charge in [-0.1, -0.05) is 6.58 Å². The summed E-state index contributed by atoms with van der Waals surface area (Å²) in [4.78, 5) is 30.6. The third-order valence-electron chi connectivity index (χ3n) is 7.67. The number of piperazine rings is 1. The van der Waals surface area contributed by atoms with Gasteiger partial charge in [-0.3, -0.25) is 4.79 Å². The maximum atomic E-state index is 12.2. The van der Waals surface area contributed by atoms with Crippen LogP contribution < -0.4 is 25.2 Å². The van der Waals surface area contributed by atoms with Gasteiger partial charge >= 0.3 is 0 Å². The third kappa shape index (κ3) is 6.54. The van der Waals surface area contributed by atoms with Gasteiger partial charge in [-0.15, -0.1) is 0 Å². The zero-order chi connectivity index (χ0) is 27.2. The molecule has 1 atom stereocenters. The number of aromatic nitrogens is 2. The van der Waals surface area contributed by atoms with Crippen molar-refractivity contribution in [2.24, 2.45) is 0 Å². The molecule has 0 bridgehead atoms. The van der Waals surface area contributed by atoms with Crippen LogP contribution in [0.4, 0.5) is 28.8 Å². The fourth-order valence-corrected chi connectivity index (χ4v) is 5.36. The Hall–Kier alpha value is -3.57. The van der Waals surface area contributed by atoms with Crippen molar-refractivity contribution in [3.05, 3.63) is 37.1 Å². The molecule has 3 aliphatic rings. The summed E-state index contributed by atoms with van der Waals surface area (Å²) in [6.07, 6.45) is 5.13. The number of carbonyl (C=O) groups is 1. The number of methoxy groups -OCH3 is 1. The molecular weight excluding hydrogens is 496 g/mol. The van der Waals surface area contributed by atoms with Gasteiger partial charge in [-0.05, 0) is 38.1 Å². The Balaban J connectivity index is 1.37. The molecule has 1 aromatic carbocycles. The van der Waals surface area contributed by atoms with E-state index in [2.05, 4.69) is 56.1 Å². The second-order valence-corrected chi connectivity index (χ2v) is 10.3. The Bertz CT molecular complexity index is 1150. The van der Waals surface area contributed by atoms with Crippen LogP contribution in [-0.4, -0.2) is 111 Å². The lowest BCUT2D eigenvalue weighted by molar-refractivity contribution is -0.127. The molecule has 39 heavy (non-hydrogen) atoms. The number of nitrogens with zero attached hydrogens (tertiary/aromatic N) is 6. The molecule has 0 aliphatic carbocycles. The van der Waals surface area contributed by atoms with Gasteiger partial charge < -0.3 is 39.7 Å². The lowest BCUT2D eigenvalue weighted by atomic mass is 10.1. The lowest BCUT2D eigenvalue weighted by Gasteiger charge is -2.35. The highest BCUT2D eigenvalue weighted by Gasteiger charge is 2.25. The predicted octanol–water partition coefficient (Wildman–Crippen LogP) is 2.41. The number of morpholine rings is 1. The van der Waals surface area contributed by atoms with Crippen molar-refractivity contribution in [1.82, 2.24) is 19.8 Å². The number of ether oxygens (including phenoxy) is 2. The van der Waals surface area contributed by atoms with E-state index in [1.54, 1.807) is 7.11 Å². The first-order chi connectivity index (χ1) is 19.0. The Kier molecular flexibility index (Phi) is 8.67. The van der Waals surface area contributed by atoms with Gasteiger partial charge in [0, 0.05) is 70.2 Å². The number of carbonyl (C=O) groups excluding carboxylic acids is 1. The van der Waals surface area contributed by atoms with Crippen molar-refractivity contribution in [3.8, 4) is 5.75 Å². The van der Waals surface area contributed by atoms with Crippen molar-refractivity contribution in [2.45, 2.75) is 18.9 Å². The number of likely N-dealkylation sites (N-methyl/N-ethyl adjacent to an activating group) is 1. The average molecular weight is 537 g/mol. The van der Waals surface area contributed by atoms with Gasteiger partial charge in [0.1, 0.15) is 5.75 Å². The Labute approximate surface area is 230 Å². The van der Waals surface area contributed by atoms with Crippen LogP contribution in [0, 0.1) is 0 Å². The SMILES string of the molecule is C=CC(=O)N1CCC[C@H](Nc2nc(Nc3ccc(N4CCN(C)CC4)cc3OC)ncc2N2CCOCC2)C1. The van der Waals surface area contributed by atoms with Crippen LogP contribution >= 0.6 is 0 Å².